The second kappa shape index (κ2) is 4.50. The first-order valence-electron chi connectivity index (χ1n) is 6.12. The number of imidazole rings is 1. The van der Waals surface area contributed by atoms with Crippen molar-refractivity contribution in [3.63, 3.8) is 0 Å². The highest BCUT2D eigenvalue weighted by Gasteiger charge is 2.34. The molecule has 20 heavy (non-hydrogen) atoms. The zero-order valence-corrected chi connectivity index (χ0v) is 10.3. The molecule has 0 unspecified atom stereocenters. The normalized spacial score (nSPS) is 15.4. The zero-order valence-electron chi connectivity index (χ0n) is 10.3. The number of anilines is 2. The van der Waals surface area contributed by atoms with Crippen molar-refractivity contribution < 1.29 is 17.6 Å². The van der Waals surface area contributed by atoms with Gasteiger partial charge in [0, 0.05) is 24.1 Å². The number of aromatic nitrogens is 2. The van der Waals surface area contributed by atoms with E-state index >= 15 is 0 Å². The lowest BCUT2D eigenvalue weighted by molar-refractivity contribution is -0.139. The van der Waals surface area contributed by atoms with Crippen LogP contribution in [0.1, 0.15) is 24.4 Å². The average Bonchev–Trinajstić information content (AvgIpc) is 3.11. The molecule has 1 aliphatic rings. The quantitative estimate of drug-likeness (QED) is 0.860. The summed E-state index contributed by atoms with van der Waals surface area (Å²) in [5, 5.41) is 2.80. The molecule has 0 amide bonds. The van der Waals surface area contributed by atoms with E-state index in [9.17, 15) is 17.6 Å². The molecule has 3 rings (SSSR count). The highest BCUT2D eigenvalue weighted by atomic mass is 19.4. The molecule has 2 aromatic rings. The number of benzene rings is 1. The molecule has 1 aromatic carbocycles. The van der Waals surface area contributed by atoms with Gasteiger partial charge in [-0.2, -0.15) is 13.2 Å². The fourth-order valence-corrected chi connectivity index (χ4v) is 2.01. The summed E-state index contributed by atoms with van der Waals surface area (Å²) in [4.78, 5) is 4.06. The lowest BCUT2D eigenvalue weighted by Gasteiger charge is -2.12. The predicted molar refractivity (Wildman–Crippen MR) is 65.2 cm³/mol. The van der Waals surface area contributed by atoms with Crippen molar-refractivity contribution in [2.45, 2.75) is 25.1 Å². The van der Waals surface area contributed by atoms with Crippen LogP contribution in [0.5, 0.6) is 0 Å². The molecule has 0 atom stereocenters. The van der Waals surface area contributed by atoms with Gasteiger partial charge in [-0.25, -0.2) is 9.37 Å². The Balaban J connectivity index is 1.89. The van der Waals surface area contributed by atoms with Gasteiger partial charge in [-0.05, 0) is 31.0 Å². The molecule has 1 aliphatic carbocycles. The van der Waals surface area contributed by atoms with Crippen molar-refractivity contribution in [1.82, 2.24) is 9.55 Å². The summed E-state index contributed by atoms with van der Waals surface area (Å²) in [7, 11) is 0. The van der Waals surface area contributed by atoms with Crippen LogP contribution in [0.2, 0.25) is 0 Å². The summed E-state index contributed by atoms with van der Waals surface area (Å²) in [6, 6.07) is 3.16. The molecule has 106 valence electrons. The number of hydrogen-bond donors (Lipinski definition) is 1. The van der Waals surface area contributed by atoms with Gasteiger partial charge in [0.25, 0.3) is 0 Å². The van der Waals surface area contributed by atoms with E-state index in [1.54, 1.807) is 12.4 Å². The van der Waals surface area contributed by atoms with Crippen LogP contribution in [0.25, 0.3) is 0 Å². The summed E-state index contributed by atoms with van der Waals surface area (Å²) in [5.41, 5.74) is -1.13. The van der Waals surface area contributed by atoms with Crippen molar-refractivity contribution in [3.8, 4) is 0 Å². The Hall–Kier alpha value is -2.05. The molecular weight excluding hydrogens is 274 g/mol. The van der Waals surface area contributed by atoms with Crippen LogP contribution in [-0.4, -0.2) is 9.55 Å². The number of halogens is 4. The van der Waals surface area contributed by atoms with Crippen molar-refractivity contribution in [2.24, 2.45) is 0 Å². The number of rotatable bonds is 3. The van der Waals surface area contributed by atoms with Crippen LogP contribution < -0.4 is 5.32 Å². The second-order valence-electron chi connectivity index (χ2n) is 4.71. The first-order chi connectivity index (χ1) is 9.45. The summed E-state index contributed by atoms with van der Waals surface area (Å²) in [6.07, 6.45) is 0.696. The lowest BCUT2D eigenvalue weighted by Crippen LogP contribution is -2.09. The summed E-state index contributed by atoms with van der Waals surface area (Å²) in [5.74, 6) is -0.819. The van der Waals surface area contributed by atoms with E-state index in [1.807, 2.05) is 4.57 Å². The van der Waals surface area contributed by atoms with Gasteiger partial charge < -0.3 is 9.88 Å². The largest absolute Gasteiger partial charge is 0.419 e. The summed E-state index contributed by atoms with van der Waals surface area (Å²) < 4.78 is 53.0. The van der Waals surface area contributed by atoms with E-state index < -0.39 is 17.6 Å². The molecule has 1 N–H and O–H groups in total. The lowest BCUT2D eigenvalue weighted by atomic mass is 10.2. The minimum Gasteiger partial charge on any atom is -0.326 e. The molecule has 0 saturated heterocycles. The topological polar surface area (TPSA) is 29.9 Å². The maximum absolute atomic E-state index is 13.2. The van der Waals surface area contributed by atoms with Gasteiger partial charge in [0.15, 0.2) is 0 Å². The van der Waals surface area contributed by atoms with Gasteiger partial charge in [0.05, 0.1) is 5.56 Å². The van der Waals surface area contributed by atoms with Crippen LogP contribution in [0.3, 0.4) is 0 Å². The molecule has 1 aromatic heterocycles. The van der Waals surface area contributed by atoms with Crippen molar-refractivity contribution in [3.05, 3.63) is 42.0 Å². The number of nitrogens with zero attached hydrogens (tertiary/aromatic N) is 2. The molecule has 0 bridgehead atoms. The first-order valence-corrected chi connectivity index (χ1v) is 6.12. The number of nitrogens with one attached hydrogen (secondary N) is 1. The Kier molecular flexibility index (Phi) is 2.92. The fourth-order valence-electron chi connectivity index (χ4n) is 2.01. The van der Waals surface area contributed by atoms with E-state index in [0.29, 0.717) is 12.0 Å². The van der Waals surface area contributed by atoms with Gasteiger partial charge in [0.2, 0.25) is 5.95 Å². The van der Waals surface area contributed by atoms with Crippen molar-refractivity contribution >= 4 is 11.6 Å². The Morgan fingerprint density at radius 3 is 2.65 bits per heavy atom. The minimum absolute atomic E-state index is 0.159. The summed E-state index contributed by atoms with van der Waals surface area (Å²) >= 11 is 0. The van der Waals surface area contributed by atoms with Crippen LogP contribution in [0, 0.1) is 5.82 Å². The van der Waals surface area contributed by atoms with Gasteiger partial charge in [-0.15, -0.1) is 0 Å². The van der Waals surface area contributed by atoms with Crippen molar-refractivity contribution in [2.75, 3.05) is 5.32 Å². The molecule has 0 spiro atoms. The Labute approximate surface area is 112 Å². The summed E-state index contributed by atoms with van der Waals surface area (Å²) in [6.45, 7) is 0. The highest BCUT2D eigenvalue weighted by molar-refractivity contribution is 5.55. The van der Waals surface area contributed by atoms with Gasteiger partial charge in [-0.1, -0.05) is 0 Å². The molecule has 3 nitrogen and oxygen atoms in total. The third kappa shape index (κ3) is 2.48. The molecule has 0 radical (unpaired) electrons. The standard InChI is InChI=1S/C13H11F4N3/c14-11-4-1-8(7-10(11)13(15,16)17)19-12-18-5-6-20(12)9-2-3-9/h1,4-7,9H,2-3H2,(H,18,19). The molecule has 1 saturated carbocycles. The van der Waals surface area contributed by atoms with Crippen LogP contribution >= 0.6 is 0 Å². The van der Waals surface area contributed by atoms with Crippen molar-refractivity contribution in [1.29, 1.82) is 0 Å². The SMILES string of the molecule is Fc1ccc(Nc2nccn2C2CC2)cc1C(F)(F)F. The number of hydrogen-bond acceptors (Lipinski definition) is 2. The monoisotopic (exact) mass is 285 g/mol. The molecule has 1 fully saturated rings. The van der Waals surface area contributed by atoms with E-state index in [4.69, 9.17) is 0 Å². The van der Waals surface area contributed by atoms with Crippen LogP contribution in [0.15, 0.2) is 30.6 Å². The molecule has 0 aliphatic heterocycles. The van der Waals surface area contributed by atoms with E-state index in [0.717, 1.165) is 25.0 Å². The third-order valence-corrected chi connectivity index (χ3v) is 3.14. The highest BCUT2D eigenvalue weighted by Crippen LogP contribution is 2.38. The fraction of sp³-hybridized carbons (Fsp3) is 0.308. The average molecular weight is 285 g/mol. The zero-order chi connectivity index (χ0) is 14.3. The van der Waals surface area contributed by atoms with E-state index in [-0.39, 0.29) is 5.69 Å². The van der Waals surface area contributed by atoms with E-state index in [1.165, 1.54) is 6.07 Å². The van der Waals surface area contributed by atoms with Gasteiger partial charge in [-0.3, -0.25) is 0 Å². The maximum Gasteiger partial charge on any atom is 0.419 e. The predicted octanol–water partition coefficient (Wildman–Crippen LogP) is 4.12. The smallest absolute Gasteiger partial charge is 0.326 e. The van der Waals surface area contributed by atoms with Gasteiger partial charge in [0.1, 0.15) is 5.82 Å². The Morgan fingerprint density at radius 1 is 1.25 bits per heavy atom. The maximum atomic E-state index is 13.2. The molecule has 1 heterocycles. The van der Waals surface area contributed by atoms with Gasteiger partial charge >= 0.3 is 6.18 Å². The number of alkyl halides is 3. The Bertz CT molecular complexity index is 629. The van der Waals surface area contributed by atoms with Crippen LogP contribution in [0.4, 0.5) is 29.2 Å². The van der Waals surface area contributed by atoms with E-state index in [2.05, 4.69) is 10.3 Å². The van der Waals surface area contributed by atoms with Crippen LogP contribution in [-0.2, 0) is 6.18 Å². The third-order valence-electron chi connectivity index (χ3n) is 3.14. The molecule has 7 heteroatoms. The first kappa shape index (κ1) is 13.0. The Morgan fingerprint density at radius 2 is 2.00 bits per heavy atom. The second-order valence-corrected chi connectivity index (χ2v) is 4.71. The minimum atomic E-state index is -4.71. The molecular formula is C13H11F4N3.